The standard InChI is InChI=1S/C17H17N3O5S/c1-12-3-6-14(11-16(12)20(22)23)18-17(21)13-4-7-15(8-5-13)19-9-2-10-26(19,24)25/h3-8,11H,2,9-10H2,1H3,(H,18,21). The molecule has 1 heterocycles. The summed E-state index contributed by atoms with van der Waals surface area (Å²) >= 11 is 0. The second-order valence-corrected chi connectivity index (χ2v) is 8.01. The number of nitrogens with one attached hydrogen (secondary N) is 1. The van der Waals surface area contributed by atoms with Crippen molar-refractivity contribution in [3.05, 3.63) is 63.7 Å². The van der Waals surface area contributed by atoms with Crippen LogP contribution in [0.15, 0.2) is 42.5 Å². The maximum absolute atomic E-state index is 12.3. The second-order valence-electron chi connectivity index (χ2n) is 6.00. The molecule has 9 heteroatoms. The van der Waals surface area contributed by atoms with Gasteiger partial charge in [-0.1, -0.05) is 6.07 Å². The molecular weight excluding hydrogens is 358 g/mol. The molecule has 3 rings (SSSR count). The smallest absolute Gasteiger partial charge is 0.274 e. The minimum Gasteiger partial charge on any atom is -0.322 e. The largest absolute Gasteiger partial charge is 0.322 e. The first kappa shape index (κ1) is 17.9. The van der Waals surface area contributed by atoms with E-state index in [4.69, 9.17) is 0 Å². The molecule has 2 aromatic rings. The average Bonchev–Trinajstić information content (AvgIpc) is 2.95. The van der Waals surface area contributed by atoms with Crippen molar-refractivity contribution in [3.8, 4) is 0 Å². The van der Waals surface area contributed by atoms with E-state index in [-0.39, 0.29) is 11.4 Å². The number of nitro groups is 1. The van der Waals surface area contributed by atoms with Gasteiger partial charge in [-0.05, 0) is 43.7 Å². The third-order valence-corrected chi connectivity index (χ3v) is 6.05. The monoisotopic (exact) mass is 375 g/mol. The summed E-state index contributed by atoms with van der Waals surface area (Å²) in [7, 11) is -3.27. The van der Waals surface area contributed by atoms with Gasteiger partial charge in [0, 0.05) is 29.4 Å². The van der Waals surface area contributed by atoms with E-state index >= 15 is 0 Å². The number of aryl methyl sites for hydroxylation is 1. The summed E-state index contributed by atoms with van der Waals surface area (Å²) in [5.41, 5.74) is 1.60. The molecule has 1 N–H and O–H groups in total. The molecule has 136 valence electrons. The van der Waals surface area contributed by atoms with Crippen molar-refractivity contribution in [2.75, 3.05) is 21.9 Å². The van der Waals surface area contributed by atoms with Crippen LogP contribution < -0.4 is 9.62 Å². The highest BCUT2D eigenvalue weighted by atomic mass is 32.2. The van der Waals surface area contributed by atoms with Crippen molar-refractivity contribution < 1.29 is 18.1 Å². The molecular formula is C17H17N3O5S. The third kappa shape index (κ3) is 3.52. The predicted molar refractivity (Wildman–Crippen MR) is 98.0 cm³/mol. The van der Waals surface area contributed by atoms with Gasteiger partial charge in [0.1, 0.15) is 0 Å². The van der Waals surface area contributed by atoms with Gasteiger partial charge in [-0.25, -0.2) is 8.42 Å². The number of carbonyl (C=O) groups is 1. The summed E-state index contributed by atoms with van der Waals surface area (Å²) in [6, 6.07) is 10.7. The SMILES string of the molecule is Cc1ccc(NC(=O)c2ccc(N3CCCS3(=O)=O)cc2)cc1[N+](=O)[O-]. The van der Waals surface area contributed by atoms with E-state index in [2.05, 4.69) is 5.32 Å². The van der Waals surface area contributed by atoms with Crippen molar-refractivity contribution in [1.29, 1.82) is 0 Å². The zero-order valence-electron chi connectivity index (χ0n) is 14.0. The fourth-order valence-corrected chi connectivity index (χ4v) is 4.36. The van der Waals surface area contributed by atoms with E-state index in [1.54, 1.807) is 31.2 Å². The lowest BCUT2D eigenvalue weighted by Crippen LogP contribution is -2.25. The fraction of sp³-hybridized carbons (Fsp3) is 0.235. The van der Waals surface area contributed by atoms with Crippen molar-refractivity contribution in [3.63, 3.8) is 0 Å². The van der Waals surface area contributed by atoms with Gasteiger partial charge in [-0.3, -0.25) is 19.2 Å². The van der Waals surface area contributed by atoms with Crippen LogP contribution >= 0.6 is 0 Å². The number of nitrogens with zero attached hydrogens (tertiary/aromatic N) is 2. The van der Waals surface area contributed by atoms with E-state index in [1.165, 1.54) is 22.5 Å². The Morgan fingerprint density at radius 1 is 1.19 bits per heavy atom. The fourth-order valence-electron chi connectivity index (χ4n) is 2.80. The topological polar surface area (TPSA) is 110 Å². The molecule has 0 spiro atoms. The molecule has 8 nitrogen and oxygen atoms in total. The Balaban J connectivity index is 1.77. The first-order valence-corrected chi connectivity index (χ1v) is 9.56. The van der Waals surface area contributed by atoms with Gasteiger partial charge in [-0.2, -0.15) is 0 Å². The lowest BCUT2D eigenvalue weighted by Gasteiger charge is -2.17. The van der Waals surface area contributed by atoms with Crippen LogP contribution in [-0.4, -0.2) is 31.5 Å². The van der Waals surface area contributed by atoms with Crippen LogP contribution in [0.3, 0.4) is 0 Å². The Labute approximate surface area is 150 Å². The van der Waals surface area contributed by atoms with E-state index in [9.17, 15) is 23.3 Å². The zero-order chi connectivity index (χ0) is 18.9. The minimum atomic E-state index is -3.27. The number of hydrogen-bond acceptors (Lipinski definition) is 5. The van der Waals surface area contributed by atoms with Gasteiger partial charge in [-0.15, -0.1) is 0 Å². The van der Waals surface area contributed by atoms with Gasteiger partial charge < -0.3 is 5.32 Å². The Bertz CT molecular complexity index is 970. The van der Waals surface area contributed by atoms with Crippen molar-refractivity contribution >= 4 is 33.0 Å². The molecule has 0 aliphatic carbocycles. The molecule has 2 aromatic carbocycles. The van der Waals surface area contributed by atoms with Crippen molar-refractivity contribution in [2.24, 2.45) is 0 Å². The summed E-state index contributed by atoms with van der Waals surface area (Å²) in [4.78, 5) is 22.8. The highest BCUT2D eigenvalue weighted by Gasteiger charge is 2.28. The molecule has 1 aliphatic rings. The number of carbonyl (C=O) groups excluding carboxylic acids is 1. The Hall–Kier alpha value is -2.94. The molecule has 0 saturated carbocycles. The van der Waals surface area contributed by atoms with Crippen LogP contribution in [0.5, 0.6) is 0 Å². The Morgan fingerprint density at radius 2 is 1.88 bits per heavy atom. The number of rotatable bonds is 4. The van der Waals surface area contributed by atoms with Crippen LogP contribution in [0.2, 0.25) is 0 Å². The maximum atomic E-state index is 12.3. The Kier molecular flexibility index (Phi) is 4.64. The van der Waals surface area contributed by atoms with Crippen LogP contribution in [0, 0.1) is 17.0 Å². The van der Waals surface area contributed by atoms with Crippen LogP contribution in [0.25, 0.3) is 0 Å². The van der Waals surface area contributed by atoms with Crippen LogP contribution in [-0.2, 0) is 10.0 Å². The molecule has 0 unspecified atom stereocenters. The third-order valence-electron chi connectivity index (χ3n) is 4.18. The first-order chi connectivity index (χ1) is 12.3. The average molecular weight is 375 g/mol. The first-order valence-electron chi connectivity index (χ1n) is 7.95. The van der Waals surface area contributed by atoms with E-state index in [0.29, 0.717) is 35.5 Å². The summed E-state index contributed by atoms with van der Waals surface area (Å²) in [6.45, 7) is 2.05. The van der Waals surface area contributed by atoms with Crippen LogP contribution in [0.4, 0.5) is 17.1 Å². The summed E-state index contributed by atoms with van der Waals surface area (Å²) < 4.78 is 25.2. The molecule has 26 heavy (non-hydrogen) atoms. The van der Waals surface area contributed by atoms with Crippen molar-refractivity contribution in [2.45, 2.75) is 13.3 Å². The summed E-state index contributed by atoms with van der Waals surface area (Å²) in [5, 5.41) is 13.6. The summed E-state index contributed by atoms with van der Waals surface area (Å²) in [5.74, 6) is -0.305. The second kappa shape index (κ2) is 6.75. The molecule has 1 aliphatic heterocycles. The molecule has 0 radical (unpaired) electrons. The highest BCUT2D eigenvalue weighted by molar-refractivity contribution is 7.93. The number of benzene rings is 2. The number of sulfonamides is 1. The van der Waals surface area contributed by atoms with Gasteiger partial charge in [0.2, 0.25) is 10.0 Å². The molecule has 0 atom stereocenters. The maximum Gasteiger partial charge on any atom is 0.274 e. The molecule has 0 bridgehead atoms. The molecule has 1 amide bonds. The number of anilines is 2. The lowest BCUT2D eigenvalue weighted by atomic mass is 10.1. The number of amides is 1. The molecule has 0 aromatic heterocycles. The van der Waals surface area contributed by atoms with Crippen LogP contribution in [0.1, 0.15) is 22.3 Å². The van der Waals surface area contributed by atoms with Crippen molar-refractivity contribution in [1.82, 2.24) is 0 Å². The Morgan fingerprint density at radius 3 is 2.46 bits per heavy atom. The van der Waals surface area contributed by atoms with E-state index in [1.807, 2.05) is 0 Å². The van der Waals surface area contributed by atoms with Gasteiger partial charge >= 0.3 is 0 Å². The highest BCUT2D eigenvalue weighted by Crippen LogP contribution is 2.25. The summed E-state index contributed by atoms with van der Waals surface area (Å²) in [6.07, 6.45) is 0.580. The van der Waals surface area contributed by atoms with Gasteiger partial charge in [0.25, 0.3) is 11.6 Å². The molecule has 1 saturated heterocycles. The quantitative estimate of drug-likeness (QED) is 0.653. The minimum absolute atomic E-state index is 0.0719. The predicted octanol–water partition coefficient (Wildman–Crippen LogP) is 2.70. The molecule has 1 fully saturated rings. The lowest BCUT2D eigenvalue weighted by molar-refractivity contribution is -0.385. The van der Waals surface area contributed by atoms with E-state index < -0.39 is 20.9 Å². The number of hydrogen-bond donors (Lipinski definition) is 1. The number of nitro benzene ring substituents is 1. The van der Waals surface area contributed by atoms with E-state index in [0.717, 1.165) is 0 Å². The van der Waals surface area contributed by atoms with Gasteiger partial charge in [0.05, 0.1) is 16.4 Å². The van der Waals surface area contributed by atoms with Gasteiger partial charge in [0.15, 0.2) is 0 Å². The zero-order valence-corrected chi connectivity index (χ0v) is 14.8. The normalized spacial score (nSPS) is 15.7.